The van der Waals surface area contributed by atoms with E-state index in [2.05, 4.69) is 10.3 Å². The third-order valence-electron chi connectivity index (χ3n) is 5.05. The largest absolute Gasteiger partial charge is 0.490 e. The number of carbonyl (C=O) groups is 2. The maximum Gasteiger partial charge on any atom is 0.490 e. The Morgan fingerprint density at radius 3 is 2.38 bits per heavy atom. The number of carboxylic acid groups (broad SMARTS) is 1. The van der Waals surface area contributed by atoms with E-state index >= 15 is 0 Å². The van der Waals surface area contributed by atoms with Gasteiger partial charge in [0.05, 0.1) is 11.3 Å². The molecule has 1 aliphatic carbocycles. The molecule has 1 saturated carbocycles. The summed E-state index contributed by atoms with van der Waals surface area (Å²) in [5.74, 6) is -2.11. The molecular formula is C24H26F3N3O4. The van der Waals surface area contributed by atoms with E-state index in [4.69, 9.17) is 14.6 Å². The third kappa shape index (κ3) is 6.27. The summed E-state index contributed by atoms with van der Waals surface area (Å²) in [6.07, 6.45) is 1.88. The maximum absolute atomic E-state index is 13.0. The lowest BCUT2D eigenvalue weighted by Crippen LogP contribution is -2.39. The standard InChI is InChI=1S/C22H25N3O2.C2HF3O2/c1-22(2,3)27-16-10-11-17(18(14-16)21(26)24-15-6-4-7-15)19-8-5-9-20-23-12-13-25(19)20;3-2(4,5)1(6)7/h5,8-15H,4,6-7H2,1-3H3,(H,24,26);(H,6,7). The number of amides is 1. The number of rotatable bonds is 4. The van der Waals surface area contributed by atoms with Crippen LogP contribution in [0.25, 0.3) is 16.9 Å². The van der Waals surface area contributed by atoms with Crippen molar-refractivity contribution in [1.29, 1.82) is 0 Å². The second kappa shape index (κ2) is 9.74. The lowest BCUT2D eigenvalue weighted by molar-refractivity contribution is -0.192. The Morgan fingerprint density at radius 2 is 1.82 bits per heavy atom. The highest BCUT2D eigenvalue weighted by molar-refractivity contribution is 6.01. The van der Waals surface area contributed by atoms with E-state index in [-0.39, 0.29) is 17.6 Å². The van der Waals surface area contributed by atoms with Gasteiger partial charge >= 0.3 is 12.1 Å². The van der Waals surface area contributed by atoms with Crippen LogP contribution in [0.3, 0.4) is 0 Å². The summed E-state index contributed by atoms with van der Waals surface area (Å²) in [6, 6.07) is 11.9. The number of halogens is 3. The lowest BCUT2D eigenvalue weighted by Gasteiger charge is -2.27. The zero-order valence-corrected chi connectivity index (χ0v) is 19.0. The van der Waals surface area contributed by atoms with Crippen LogP contribution in [-0.4, -0.2) is 44.2 Å². The van der Waals surface area contributed by atoms with Crippen LogP contribution in [0.2, 0.25) is 0 Å². The van der Waals surface area contributed by atoms with Crippen molar-refractivity contribution in [3.05, 3.63) is 54.4 Å². The fraction of sp³-hybridized carbons (Fsp3) is 0.375. The van der Waals surface area contributed by atoms with Crippen molar-refractivity contribution in [3.63, 3.8) is 0 Å². The summed E-state index contributed by atoms with van der Waals surface area (Å²) >= 11 is 0. The zero-order valence-electron chi connectivity index (χ0n) is 19.0. The molecule has 0 saturated heterocycles. The topological polar surface area (TPSA) is 92.9 Å². The molecule has 0 spiro atoms. The van der Waals surface area contributed by atoms with Gasteiger partial charge in [0.25, 0.3) is 5.91 Å². The average Bonchev–Trinajstić information content (AvgIpc) is 3.18. The van der Waals surface area contributed by atoms with Gasteiger partial charge in [-0.2, -0.15) is 13.2 Å². The minimum atomic E-state index is -5.08. The third-order valence-corrected chi connectivity index (χ3v) is 5.05. The quantitative estimate of drug-likeness (QED) is 0.546. The number of hydrogen-bond donors (Lipinski definition) is 2. The molecule has 0 aliphatic heterocycles. The number of nitrogens with zero attached hydrogens (tertiary/aromatic N) is 2. The van der Waals surface area contributed by atoms with Crippen LogP contribution in [0, 0.1) is 0 Å². The van der Waals surface area contributed by atoms with Crippen LogP contribution in [-0.2, 0) is 4.79 Å². The van der Waals surface area contributed by atoms with Gasteiger partial charge in [0.15, 0.2) is 0 Å². The van der Waals surface area contributed by atoms with Crippen molar-refractivity contribution >= 4 is 17.5 Å². The molecule has 3 aromatic rings. The molecule has 182 valence electrons. The van der Waals surface area contributed by atoms with Gasteiger partial charge in [-0.3, -0.25) is 9.20 Å². The van der Waals surface area contributed by atoms with Gasteiger partial charge in [0.1, 0.15) is 17.0 Å². The highest BCUT2D eigenvalue weighted by Crippen LogP contribution is 2.30. The molecule has 10 heteroatoms. The fourth-order valence-electron chi connectivity index (χ4n) is 3.33. The molecule has 0 radical (unpaired) electrons. The molecule has 1 fully saturated rings. The van der Waals surface area contributed by atoms with Crippen molar-refractivity contribution in [2.45, 2.75) is 57.9 Å². The number of carboxylic acids is 1. The van der Waals surface area contributed by atoms with E-state index in [0.29, 0.717) is 11.3 Å². The molecule has 1 aromatic carbocycles. The predicted octanol–water partition coefficient (Wildman–Crippen LogP) is 5.09. The smallest absolute Gasteiger partial charge is 0.488 e. The van der Waals surface area contributed by atoms with Crippen LogP contribution in [0.1, 0.15) is 50.4 Å². The van der Waals surface area contributed by atoms with Gasteiger partial charge in [0.2, 0.25) is 0 Å². The molecule has 7 nitrogen and oxygen atoms in total. The first-order valence-electron chi connectivity index (χ1n) is 10.7. The highest BCUT2D eigenvalue weighted by atomic mass is 19.4. The van der Waals surface area contributed by atoms with Crippen molar-refractivity contribution in [2.75, 3.05) is 0 Å². The fourth-order valence-corrected chi connectivity index (χ4v) is 3.33. The monoisotopic (exact) mass is 477 g/mol. The summed E-state index contributed by atoms with van der Waals surface area (Å²) in [4.78, 5) is 26.3. The summed E-state index contributed by atoms with van der Waals surface area (Å²) in [5, 5.41) is 10.3. The van der Waals surface area contributed by atoms with Crippen LogP contribution >= 0.6 is 0 Å². The molecule has 0 unspecified atom stereocenters. The van der Waals surface area contributed by atoms with E-state index < -0.39 is 12.1 Å². The Labute approximate surface area is 194 Å². The van der Waals surface area contributed by atoms with E-state index in [0.717, 1.165) is 29.7 Å². The van der Waals surface area contributed by atoms with Crippen molar-refractivity contribution in [1.82, 2.24) is 14.7 Å². The average molecular weight is 477 g/mol. The second-order valence-electron chi connectivity index (χ2n) is 8.89. The number of imidazole rings is 1. The molecule has 2 heterocycles. The number of aliphatic carboxylic acids is 1. The van der Waals surface area contributed by atoms with Gasteiger partial charge in [-0.1, -0.05) is 6.07 Å². The molecule has 0 bridgehead atoms. The second-order valence-corrected chi connectivity index (χ2v) is 8.89. The Bertz CT molecular complexity index is 1180. The summed E-state index contributed by atoms with van der Waals surface area (Å²) in [5.41, 5.74) is 2.97. The molecule has 2 N–H and O–H groups in total. The number of pyridine rings is 1. The Kier molecular flexibility index (Phi) is 7.18. The minimum absolute atomic E-state index is 0.0498. The molecule has 0 atom stereocenters. The number of ether oxygens (including phenoxy) is 1. The summed E-state index contributed by atoms with van der Waals surface area (Å²) in [7, 11) is 0. The van der Waals surface area contributed by atoms with Gasteiger partial charge in [-0.15, -0.1) is 0 Å². The Hall–Kier alpha value is -3.56. The number of alkyl halides is 3. The summed E-state index contributed by atoms with van der Waals surface area (Å²) < 4.78 is 39.7. The van der Waals surface area contributed by atoms with Crippen LogP contribution in [0.4, 0.5) is 13.2 Å². The van der Waals surface area contributed by atoms with Gasteiger partial charge in [-0.05, 0) is 70.4 Å². The predicted molar refractivity (Wildman–Crippen MR) is 120 cm³/mol. The molecule has 1 amide bonds. The Morgan fingerprint density at radius 1 is 1.15 bits per heavy atom. The van der Waals surface area contributed by atoms with Crippen LogP contribution < -0.4 is 10.1 Å². The van der Waals surface area contributed by atoms with Gasteiger partial charge in [0, 0.05) is 24.0 Å². The molecular weight excluding hydrogens is 451 g/mol. The molecule has 34 heavy (non-hydrogen) atoms. The van der Waals surface area contributed by atoms with Gasteiger partial charge in [-0.25, -0.2) is 9.78 Å². The lowest BCUT2D eigenvalue weighted by atomic mass is 9.92. The number of carbonyl (C=O) groups excluding carboxylic acids is 1. The van der Waals surface area contributed by atoms with E-state index in [1.54, 1.807) is 6.20 Å². The number of hydrogen-bond acceptors (Lipinski definition) is 4. The van der Waals surface area contributed by atoms with E-state index in [1.165, 1.54) is 6.42 Å². The van der Waals surface area contributed by atoms with Crippen molar-refractivity contribution < 1.29 is 32.6 Å². The van der Waals surface area contributed by atoms with Gasteiger partial charge < -0.3 is 15.2 Å². The van der Waals surface area contributed by atoms with Crippen molar-refractivity contribution in [3.8, 4) is 17.0 Å². The van der Waals surface area contributed by atoms with Crippen molar-refractivity contribution in [2.24, 2.45) is 0 Å². The summed E-state index contributed by atoms with van der Waals surface area (Å²) in [6.45, 7) is 6.00. The number of aromatic nitrogens is 2. The normalized spacial score (nSPS) is 14.1. The number of fused-ring (bicyclic) bond motifs is 1. The molecule has 4 rings (SSSR count). The van der Waals surface area contributed by atoms with E-state index in [1.807, 2.05) is 67.8 Å². The minimum Gasteiger partial charge on any atom is -0.488 e. The Balaban J connectivity index is 0.000000406. The number of nitrogens with one attached hydrogen (secondary N) is 1. The molecule has 1 aliphatic rings. The SMILES string of the molecule is CC(C)(C)Oc1ccc(-c2cccc3nccn23)c(C(=O)NC2CCC2)c1.O=C(O)C(F)(F)F. The van der Waals surface area contributed by atoms with E-state index in [9.17, 15) is 18.0 Å². The highest BCUT2D eigenvalue weighted by Gasteiger charge is 2.38. The molecule has 2 aromatic heterocycles. The first kappa shape index (κ1) is 25.1. The van der Waals surface area contributed by atoms with Crippen LogP contribution in [0.5, 0.6) is 5.75 Å². The first-order valence-corrected chi connectivity index (χ1v) is 10.7. The number of benzene rings is 1. The first-order chi connectivity index (χ1) is 15.8. The maximum atomic E-state index is 13.0. The zero-order chi connectivity index (χ0) is 25.1. The van der Waals surface area contributed by atoms with Crippen LogP contribution in [0.15, 0.2) is 48.8 Å².